The van der Waals surface area contributed by atoms with Crippen molar-refractivity contribution in [2.45, 2.75) is 31.1 Å². The van der Waals surface area contributed by atoms with Crippen molar-refractivity contribution in [2.75, 3.05) is 5.75 Å². The smallest absolute Gasteiger partial charge is 0.335 e. The van der Waals surface area contributed by atoms with Crippen molar-refractivity contribution < 1.29 is 9.90 Å². The Bertz CT molecular complexity index is 698. The standard InChI is InChI=1S/C14H16N2O3S/c17-13(18)9-4-5-12-11(7-9)15-14(19)16(12)8-10-3-1-2-6-20-10/h4-5,7,10H,1-3,6,8H2,(H,15,19)(H,17,18). The lowest BCUT2D eigenvalue weighted by atomic mass is 10.2. The van der Waals surface area contributed by atoms with Crippen molar-refractivity contribution in [3.8, 4) is 0 Å². The van der Waals surface area contributed by atoms with E-state index >= 15 is 0 Å². The number of carboxylic acid groups (broad SMARTS) is 1. The van der Waals surface area contributed by atoms with Crippen LogP contribution in [0.25, 0.3) is 11.0 Å². The highest BCUT2D eigenvalue weighted by molar-refractivity contribution is 7.99. The van der Waals surface area contributed by atoms with Gasteiger partial charge in [-0.1, -0.05) is 6.42 Å². The summed E-state index contributed by atoms with van der Waals surface area (Å²) in [4.78, 5) is 25.7. The summed E-state index contributed by atoms with van der Waals surface area (Å²) in [6, 6.07) is 4.77. The minimum absolute atomic E-state index is 0.159. The van der Waals surface area contributed by atoms with Gasteiger partial charge in [0.1, 0.15) is 0 Å². The van der Waals surface area contributed by atoms with Gasteiger partial charge < -0.3 is 10.1 Å². The van der Waals surface area contributed by atoms with Gasteiger partial charge in [-0.15, -0.1) is 0 Å². The van der Waals surface area contributed by atoms with Gasteiger partial charge in [0.2, 0.25) is 0 Å². The Hall–Kier alpha value is -1.69. The molecular weight excluding hydrogens is 276 g/mol. The number of hydrogen-bond donors (Lipinski definition) is 2. The van der Waals surface area contributed by atoms with Crippen molar-refractivity contribution in [2.24, 2.45) is 0 Å². The molecule has 2 heterocycles. The molecule has 0 bridgehead atoms. The molecule has 0 saturated carbocycles. The van der Waals surface area contributed by atoms with Gasteiger partial charge in [-0.3, -0.25) is 4.57 Å². The van der Waals surface area contributed by atoms with Gasteiger partial charge in [0.25, 0.3) is 0 Å². The number of H-pyrrole nitrogens is 1. The highest BCUT2D eigenvalue weighted by Gasteiger charge is 2.17. The Morgan fingerprint density at radius 3 is 3.00 bits per heavy atom. The molecule has 20 heavy (non-hydrogen) atoms. The number of nitrogens with zero attached hydrogens (tertiary/aromatic N) is 1. The number of imidazole rings is 1. The highest BCUT2D eigenvalue weighted by atomic mass is 32.2. The lowest BCUT2D eigenvalue weighted by Gasteiger charge is -2.21. The Labute approximate surface area is 120 Å². The zero-order valence-electron chi connectivity index (χ0n) is 11.0. The average Bonchev–Trinajstić information content (AvgIpc) is 2.75. The molecule has 1 saturated heterocycles. The van der Waals surface area contributed by atoms with E-state index in [1.165, 1.54) is 18.9 Å². The second kappa shape index (κ2) is 5.36. The number of aromatic nitrogens is 2. The minimum Gasteiger partial charge on any atom is -0.478 e. The number of aromatic amines is 1. The number of fused-ring (bicyclic) bond motifs is 1. The summed E-state index contributed by atoms with van der Waals surface area (Å²) >= 11 is 1.92. The van der Waals surface area contributed by atoms with Crippen LogP contribution in [0, 0.1) is 0 Å². The normalized spacial score (nSPS) is 19.3. The van der Waals surface area contributed by atoms with Gasteiger partial charge in [-0.05, 0) is 36.8 Å². The molecule has 0 spiro atoms. The second-order valence-corrected chi connectivity index (χ2v) is 6.47. The van der Waals surface area contributed by atoms with Crippen molar-refractivity contribution >= 4 is 28.8 Å². The zero-order chi connectivity index (χ0) is 14.1. The topological polar surface area (TPSA) is 75.1 Å². The van der Waals surface area contributed by atoms with E-state index in [4.69, 9.17) is 5.11 Å². The number of benzene rings is 1. The molecule has 2 aromatic rings. The van der Waals surface area contributed by atoms with E-state index in [0.29, 0.717) is 17.3 Å². The Kier molecular flexibility index (Phi) is 3.56. The van der Waals surface area contributed by atoms with Gasteiger partial charge in [0.05, 0.1) is 16.6 Å². The maximum Gasteiger partial charge on any atom is 0.335 e. The predicted octanol–water partition coefficient (Wildman–Crippen LogP) is 2.31. The Morgan fingerprint density at radius 2 is 2.30 bits per heavy atom. The summed E-state index contributed by atoms with van der Waals surface area (Å²) in [5.74, 6) is 0.175. The van der Waals surface area contributed by atoms with Crippen molar-refractivity contribution in [1.29, 1.82) is 0 Å². The van der Waals surface area contributed by atoms with Crippen molar-refractivity contribution in [1.82, 2.24) is 9.55 Å². The predicted molar refractivity (Wildman–Crippen MR) is 79.6 cm³/mol. The number of hydrogen-bond acceptors (Lipinski definition) is 3. The number of rotatable bonds is 3. The third-order valence-electron chi connectivity index (χ3n) is 3.68. The molecular formula is C14H16N2O3S. The van der Waals surface area contributed by atoms with Gasteiger partial charge in [0.15, 0.2) is 0 Å². The number of carbonyl (C=O) groups is 1. The number of nitrogens with one attached hydrogen (secondary N) is 1. The minimum atomic E-state index is -0.983. The summed E-state index contributed by atoms with van der Waals surface area (Å²) in [5, 5.41) is 9.45. The number of thioether (sulfide) groups is 1. The van der Waals surface area contributed by atoms with E-state index in [1.807, 2.05) is 11.8 Å². The fourth-order valence-electron chi connectivity index (χ4n) is 2.63. The maximum absolute atomic E-state index is 12.0. The molecule has 1 aliphatic heterocycles. The molecule has 1 atom stereocenters. The fraction of sp³-hybridized carbons (Fsp3) is 0.429. The van der Waals surface area contributed by atoms with Gasteiger partial charge in [-0.25, -0.2) is 9.59 Å². The largest absolute Gasteiger partial charge is 0.478 e. The SMILES string of the molecule is O=C(O)c1ccc2c(c1)[nH]c(=O)n2CC1CCCCS1. The second-order valence-electron chi connectivity index (χ2n) is 5.07. The molecule has 2 N–H and O–H groups in total. The molecule has 0 aliphatic carbocycles. The molecule has 1 unspecified atom stereocenters. The third kappa shape index (κ3) is 2.47. The molecule has 0 amide bonds. The van der Waals surface area contributed by atoms with Crippen LogP contribution in [0.15, 0.2) is 23.0 Å². The van der Waals surface area contributed by atoms with E-state index in [9.17, 15) is 9.59 Å². The third-order valence-corrected chi connectivity index (χ3v) is 5.06. The van der Waals surface area contributed by atoms with Crippen LogP contribution < -0.4 is 5.69 Å². The van der Waals surface area contributed by atoms with Crippen LogP contribution in [0.3, 0.4) is 0 Å². The first kappa shape index (κ1) is 13.3. The van der Waals surface area contributed by atoms with Gasteiger partial charge in [-0.2, -0.15) is 11.8 Å². The quantitative estimate of drug-likeness (QED) is 0.910. The zero-order valence-corrected chi connectivity index (χ0v) is 11.8. The van der Waals surface area contributed by atoms with Crippen LogP contribution in [-0.4, -0.2) is 31.6 Å². The summed E-state index contributed by atoms with van der Waals surface area (Å²) < 4.78 is 1.73. The number of aromatic carboxylic acids is 1. The lowest BCUT2D eigenvalue weighted by Crippen LogP contribution is -2.24. The van der Waals surface area contributed by atoms with Crippen molar-refractivity contribution in [3.63, 3.8) is 0 Å². The summed E-state index contributed by atoms with van der Waals surface area (Å²) in [5.41, 5.74) is 1.41. The first-order valence-electron chi connectivity index (χ1n) is 6.72. The Morgan fingerprint density at radius 1 is 1.45 bits per heavy atom. The summed E-state index contributed by atoms with van der Waals surface area (Å²) in [7, 11) is 0. The van der Waals surface area contributed by atoms with E-state index in [2.05, 4.69) is 4.98 Å². The first-order valence-corrected chi connectivity index (χ1v) is 7.77. The molecule has 1 fully saturated rings. The molecule has 0 radical (unpaired) electrons. The van der Waals surface area contributed by atoms with Crippen LogP contribution in [0.2, 0.25) is 0 Å². The van der Waals surface area contributed by atoms with E-state index < -0.39 is 5.97 Å². The molecule has 3 rings (SSSR count). The van der Waals surface area contributed by atoms with Crippen LogP contribution in [0.4, 0.5) is 0 Å². The van der Waals surface area contributed by atoms with Crippen LogP contribution in [-0.2, 0) is 6.54 Å². The van der Waals surface area contributed by atoms with Gasteiger partial charge in [0, 0.05) is 11.8 Å². The molecule has 1 aromatic heterocycles. The monoisotopic (exact) mass is 292 g/mol. The first-order chi connectivity index (χ1) is 9.65. The molecule has 1 aliphatic rings. The fourth-order valence-corrected chi connectivity index (χ4v) is 3.92. The van der Waals surface area contributed by atoms with Crippen LogP contribution in [0.1, 0.15) is 29.6 Å². The molecule has 5 nitrogen and oxygen atoms in total. The van der Waals surface area contributed by atoms with Crippen LogP contribution >= 0.6 is 11.8 Å². The molecule has 6 heteroatoms. The average molecular weight is 292 g/mol. The molecule has 1 aromatic carbocycles. The highest BCUT2D eigenvalue weighted by Crippen LogP contribution is 2.26. The summed E-state index contributed by atoms with van der Waals surface area (Å²) in [6.07, 6.45) is 3.61. The maximum atomic E-state index is 12.0. The van der Waals surface area contributed by atoms with Crippen molar-refractivity contribution in [3.05, 3.63) is 34.2 Å². The Balaban J connectivity index is 1.96. The van der Waals surface area contributed by atoms with E-state index in [-0.39, 0.29) is 11.3 Å². The molecule has 106 valence electrons. The summed E-state index contributed by atoms with van der Waals surface area (Å²) in [6.45, 7) is 0.690. The van der Waals surface area contributed by atoms with E-state index in [1.54, 1.807) is 16.7 Å². The van der Waals surface area contributed by atoms with Gasteiger partial charge >= 0.3 is 11.7 Å². The lowest BCUT2D eigenvalue weighted by molar-refractivity contribution is 0.0697. The van der Waals surface area contributed by atoms with E-state index in [0.717, 1.165) is 17.7 Å². The number of carboxylic acids is 1. The van der Waals surface area contributed by atoms with Crippen LogP contribution in [0.5, 0.6) is 0 Å².